The molecule has 0 radical (unpaired) electrons. The van der Waals surface area contributed by atoms with Crippen LogP contribution in [0.4, 0.5) is 4.79 Å². The molecular formula is C16H26N2O3. The number of hydrogen-bond donors (Lipinski definition) is 2. The van der Waals surface area contributed by atoms with Crippen molar-refractivity contribution in [1.29, 1.82) is 0 Å². The average Bonchev–Trinajstić information content (AvgIpc) is 2.94. The van der Waals surface area contributed by atoms with Crippen LogP contribution in [0.3, 0.4) is 0 Å². The monoisotopic (exact) mass is 294 g/mol. The van der Waals surface area contributed by atoms with E-state index in [1.165, 1.54) is 12.8 Å². The molecule has 2 amide bonds. The summed E-state index contributed by atoms with van der Waals surface area (Å²) in [6, 6.07) is -0.115. The molecule has 5 heteroatoms. The maximum Gasteiger partial charge on any atom is 0.317 e. The number of amides is 2. The third-order valence-corrected chi connectivity index (χ3v) is 4.91. The number of carboxylic acid groups (broad SMARTS) is 1. The highest BCUT2D eigenvalue weighted by Crippen LogP contribution is 2.40. The second-order valence-electron chi connectivity index (χ2n) is 6.48. The highest BCUT2D eigenvalue weighted by Gasteiger charge is 2.34. The number of hydrogen-bond acceptors (Lipinski definition) is 2. The topological polar surface area (TPSA) is 69.6 Å². The Kier molecular flexibility index (Phi) is 5.26. The summed E-state index contributed by atoms with van der Waals surface area (Å²) in [4.78, 5) is 25.0. The van der Waals surface area contributed by atoms with Crippen LogP contribution < -0.4 is 5.32 Å². The highest BCUT2D eigenvalue weighted by atomic mass is 16.4. The third-order valence-electron chi connectivity index (χ3n) is 4.91. The predicted octanol–water partition coefficient (Wildman–Crippen LogP) is 2.63. The maximum absolute atomic E-state index is 12.3. The molecule has 0 spiro atoms. The van der Waals surface area contributed by atoms with Crippen LogP contribution in [0.5, 0.6) is 0 Å². The fourth-order valence-electron chi connectivity index (χ4n) is 3.62. The number of carbonyl (C=O) groups is 2. The van der Waals surface area contributed by atoms with Crippen molar-refractivity contribution in [2.45, 2.75) is 44.9 Å². The molecular weight excluding hydrogens is 268 g/mol. The molecule has 0 aromatic rings. The van der Waals surface area contributed by atoms with Crippen LogP contribution in [0.1, 0.15) is 44.9 Å². The lowest BCUT2D eigenvalue weighted by molar-refractivity contribution is -0.143. The summed E-state index contributed by atoms with van der Waals surface area (Å²) in [5.74, 6) is -1.22. The Hall–Kier alpha value is -1.52. The fraction of sp³-hybridized carbons (Fsp3) is 0.750. The van der Waals surface area contributed by atoms with Gasteiger partial charge in [0.25, 0.3) is 0 Å². The molecule has 1 saturated carbocycles. The second-order valence-corrected chi connectivity index (χ2v) is 6.48. The molecule has 21 heavy (non-hydrogen) atoms. The fourth-order valence-corrected chi connectivity index (χ4v) is 3.62. The van der Waals surface area contributed by atoms with E-state index in [0.717, 1.165) is 25.7 Å². The number of carbonyl (C=O) groups excluding carboxylic acids is 1. The van der Waals surface area contributed by atoms with Gasteiger partial charge in [-0.3, -0.25) is 4.79 Å². The molecule has 2 rings (SSSR count). The Morgan fingerprint density at radius 1 is 1.33 bits per heavy atom. The number of nitrogens with zero attached hydrogens (tertiary/aromatic N) is 1. The number of allylic oxidation sites excluding steroid dienone is 1. The van der Waals surface area contributed by atoms with Crippen molar-refractivity contribution in [2.24, 2.45) is 11.3 Å². The number of carboxylic acids is 1. The van der Waals surface area contributed by atoms with Crippen LogP contribution >= 0.6 is 0 Å². The smallest absolute Gasteiger partial charge is 0.317 e. The van der Waals surface area contributed by atoms with E-state index in [1.807, 2.05) is 6.08 Å². The molecule has 2 fully saturated rings. The van der Waals surface area contributed by atoms with Crippen molar-refractivity contribution in [2.75, 3.05) is 19.6 Å². The zero-order valence-electron chi connectivity index (χ0n) is 12.6. The van der Waals surface area contributed by atoms with E-state index in [0.29, 0.717) is 26.1 Å². The molecule has 1 aliphatic heterocycles. The van der Waals surface area contributed by atoms with Gasteiger partial charge in [0.1, 0.15) is 0 Å². The van der Waals surface area contributed by atoms with E-state index in [2.05, 4.69) is 11.9 Å². The van der Waals surface area contributed by atoms with Crippen LogP contribution in [0, 0.1) is 11.3 Å². The summed E-state index contributed by atoms with van der Waals surface area (Å²) in [6.45, 7) is 5.49. The predicted molar refractivity (Wildman–Crippen MR) is 81.0 cm³/mol. The minimum absolute atomic E-state index is 0.115. The van der Waals surface area contributed by atoms with Crippen LogP contribution in [-0.4, -0.2) is 41.6 Å². The maximum atomic E-state index is 12.3. The van der Waals surface area contributed by atoms with Gasteiger partial charge in [-0.2, -0.15) is 0 Å². The molecule has 2 aliphatic rings. The molecule has 1 atom stereocenters. The standard InChI is InChI=1S/C16H26N2O3/c1-2-7-16(8-3-4-9-16)12-17-15(21)18-10-5-6-13(11-18)14(19)20/h2,13H,1,3-12H2,(H,17,21)(H,19,20). The van der Waals surface area contributed by atoms with Gasteiger partial charge in [-0.25, -0.2) is 4.79 Å². The van der Waals surface area contributed by atoms with Gasteiger partial charge in [-0.1, -0.05) is 18.9 Å². The number of nitrogens with one attached hydrogen (secondary N) is 1. The number of aliphatic carboxylic acids is 1. The number of likely N-dealkylation sites (tertiary alicyclic amines) is 1. The van der Waals surface area contributed by atoms with E-state index >= 15 is 0 Å². The minimum Gasteiger partial charge on any atom is -0.481 e. The quantitative estimate of drug-likeness (QED) is 0.766. The minimum atomic E-state index is -0.800. The molecule has 5 nitrogen and oxygen atoms in total. The number of urea groups is 1. The molecule has 0 aromatic carbocycles. The molecule has 1 heterocycles. The van der Waals surface area contributed by atoms with E-state index in [-0.39, 0.29) is 11.4 Å². The number of rotatable bonds is 5. The Labute approximate surface area is 126 Å². The molecule has 0 aromatic heterocycles. The summed E-state index contributed by atoms with van der Waals surface area (Å²) in [7, 11) is 0. The van der Waals surface area contributed by atoms with Gasteiger partial charge in [-0.15, -0.1) is 6.58 Å². The molecule has 1 unspecified atom stereocenters. The van der Waals surface area contributed by atoms with Gasteiger partial charge in [0.15, 0.2) is 0 Å². The van der Waals surface area contributed by atoms with Gasteiger partial charge in [0.2, 0.25) is 0 Å². The van der Waals surface area contributed by atoms with Gasteiger partial charge < -0.3 is 15.3 Å². The summed E-state index contributed by atoms with van der Waals surface area (Å²) in [6.07, 6.45) is 9.02. The van der Waals surface area contributed by atoms with E-state index in [1.54, 1.807) is 4.90 Å². The largest absolute Gasteiger partial charge is 0.481 e. The van der Waals surface area contributed by atoms with E-state index < -0.39 is 11.9 Å². The average molecular weight is 294 g/mol. The lowest BCUT2D eigenvalue weighted by Crippen LogP contribution is -2.49. The van der Waals surface area contributed by atoms with Crippen LogP contribution in [0.15, 0.2) is 12.7 Å². The summed E-state index contributed by atoms with van der Waals surface area (Å²) in [5, 5.41) is 12.1. The molecule has 118 valence electrons. The van der Waals surface area contributed by atoms with Crippen LogP contribution in [-0.2, 0) is 4.79 Å². The zero-order valence-corrected chi connectivity index (χ0v) is 12.6. The van der Waals surface area contributed by atoms with E-state index in [9.17, 15) is 9.59 Å². The highest BCUT2D eigenvalue weighted by molar-refractivity contribution is 5.76. The van der Waals surface area contributed by atoms with Crippen molar-refractivity contribution in [3.63, 3.8) is 0 Å². The van der Waals surface area contributed by atoms with Crippen molar-refractivity contribution < 1.29 is 14.7 Å². The second kappa shape index (κ2) is 6.96. The van der Waals surface area contributed by atoms with Gasteiger partial charge >= 0.3 is 12.0 Å². The van der Waals surface area contributed by atoms with Gasteiger partial charge in [0.05, 0.1) is 5.92 Å². The van der Waals surface area contributed by atoms with Crippen molar-refractivity contribution >= 4 is 12.0 Å². The van der Waals surface area contributed by atoms with E-state index in [4.69, 9.17) is 5.11 Å². The van der Waals surface area contributed by atoms with Crippen LogP contribution in [0.2, 0.25) is 0 Å². The normalized spacial score (nSPS) is 24.6. The Morgan fingerprint density at radius 3 is 2.67 bits per heavy atom. The first-order valence-electron chi connectivity index (χ1n) is 7.93. The van der Waals surface area contributed by atoms with Crippen molar-refractivity contribution in [3.8, 4) is 0 Å². The zero-order chi connectivity index (χ0) is 15.3. The first-order chi connectivity index (χ1) is 10.1. The van der Waals surface area contributed by atoms with Crippen molar-refractivity contribution in [1.82, 2.24) is 10.2 Å². The first-order valence-corrected chi connectivity index (χ1v) is 7.93. The lowest BCUT2D eigenvalue weighted by Gasteiger charge is -2.33. The third kappa shape index (κ3) is 3.99. The molecule has 1 aliphatic carbocycles. The molecule has 2 N–H and O–H groups in total. The van der Waals surface area contributed by atoms with Gasteiger partial charge in [0, 0.05) is 19.6 Å². The van der Waals surface area contributed by atoms with Crippen LogP contribution in [0.25, 0.3) is 0 Å². The Balaban J connectivity index is 1.86. The Morgan fingerprint density at radius 2 is 2.05 bits per heavy atom. The summed E-state index contributed by atoms with van der Waals surface area (Å²) >= 11 is 0. The molecule has 1 saturated heterocycles. The summed E-state index contributed by atoms with van der Waals surface area (Å²) in [5.41, 5.74) is 0.166. The molecule has 0 bridgehead atoms. The van der Waals surface area contributed by atoms with Crippen molar-refractivity contribution in [3.05, 3.63) is 12.7 Å². The summed E-state index contributed by atoms with van der Waals surface area (Å²) < 4.78 is 0. The number of piperidine rings is 1. The first kappa shape index (κ1) is 15.9. The Bertz CT molecular complexity index is 402. The lowest BCUT2D eigenvalue weighted by atomic mass is 9.82. The SMILES string of the molecule is C=CCC1(CNC(=O)N2CCCC(C(=O)O)C2)CCCC1. The van der Waals surface area contributed by atoms with Gasteiger partial charge in [-0.05, 0) is 37.5 Å².